The van der Waals surface area contributed by atoms with Gasteiger partial charge in [-0.25, -0.2) is 0 Å². The van der Waals surface area contributed by atoms with Gasteiger partial charge < -0.3 is 40.2 Å². The number of ether oxygens (including phenoxy) is 4. The summed E-state index contributed by atoms with van der Waals surface area (Å²) in [5, 5.41) is 9.53. The van der Waals surface area contributed by atoms with Crippen molar-refractivity contribution >= 4 is 29.4 Å². The third-order valence-electron chi connectivity index (χ3n) is 7.31. The van der Waals surface area contributed by atoms with Gasteiger partial charge in [-0.3, -0.25) is 28.9 Å². The van der Waals surface area contributed by atoms with Crippen LogP contribution >= 0.6 is 0 Å². The Labute approximate surface area is 271 Å². The van der Waals surface area contributed by atoms with Gasteiger partial charge in [-0.05, 0) is 31.6 Å². The van der Waals surface area contributed by atoms with E-state index in [4.69, 9.17) is 9.47 Å². The Morgan fingerprint density at radius 1 is 0.723 bits per heavy atom. The van der Waals surface area contributed by atoms with Crippen LogP contribution < -0.4 is 21.3 Å². The SMILES string of the molecule is CC(C)C[C@H](NC(=O)[C@H](COC(F)F)NC(=O)CN1CCOCC1)C(=O)N[C@@H](COC(F)F)C(=O)N[C@@H](CC(C)C)C(=O)[C@@]1(C)CO1. The highest BCUT2D eigenvalue weighted by Gasteiger charge is 2.50. The molecule has 0 radical (unpaired) electrons. The summed E-state index contributed by atoms with van der Waals surface area (Å²) in [5.41, 5.74) is -1.10. The van der Waals surface area contributed by atoms with Crippen molar-refractivity contribution in [2.24, 2.45) is 11.8 Å². The molecule has 5 atom stereocenters. The number of rotatable bonds is 21. The third-order valence-corrected chi connectivity index (χ3v) is 7.31. The third kappa shape index (κ3) is 14.8. The predicted octanol–water partition coefficient (Wildman–Crippen LogP) is 0.186. The van der Waals surface area contributed by atoms with Gasteiger partial charge in [0, 0.05) is 13.1 Å². The first kappa shape index (κ1) is 40.2. The molecule has 0 aromatic carbocycles. The highest BCUT2D eigenvalue weighted by atomic mass is 19.3. The lowest BCUT2D eigenvalue weighted by Crippen LogP contribution is -2.60. The van der Waals surface area contributed by atoms with E-state index in [0.717, 1.165) is 0 Å². The minimum Gasteiger partial charge on any atom is -0.379 e. The van der Waals surface area contributed by atoms with Crippen LogP contribution in [0, 0.1) is 11.8 Å². The Morgan fingerprint density at radius 2 is 1.15 bits per heavy atom. The molecule has 0 aromatic rings. The number of carbonyl (C=O) groups is 5. The van der Waals surface area contributed by atoms with Crippen LogP contribution in [0.3, 0.4) is 0 Å². The Balaban J connectivity index is 2.19. The molecule has 18 heteroatoms. The maximum Gasteiger partial charge on any atom is 0.345 e. The molecule has 2 aliphatic heterocycles. The first-order valence-corrected chi connectivity index (χ1v) is 15.5. The molecule has 2 saturated heterocycles. The number of nitrogens with zero attached hydrogens (tertiary/aromatic N) is 1. The first-order valence-electron chi connectivity index (χ1n) is 15.5. The van der Waals surface area contributed by atoms with E-state index in [1.54, 1.807) is 25.7 Å². The standard InChI is InChI=1S/C29H47F4N5O9/c1-16(2)10-18(23(40)29(5)15-47-29)35-26(43)21(14-46-28(32)33)37-24(41)19(11-17(3)4)36-25(42)20(13-45-27(30)31)34-22(39)12-38-6-8-44-9-7-38/h16-21,27-28H,6-15H2,1-5H3,(H,34,39)(H,35,43)(H,36,42)(H,37,41)/t18-,19-,20-,21-,29+/m0/s1. The van der Waals surface area contributed by atoms with Crippen LogP contribution in [-0.2, 0) is 42.9 Å². The summed E-state index contributed by atoms with van der Waals surface area (Å²) in [5.74, 6) is -4.39. The Bertz CT molecular complexity index is 1060. The van der Waals surface area contributed by atoms with Crippen LogP contribution in [0.15, 0.2) is 0 Å². The van der Waals surface area contributed by atoms with Crippen molar-refractivity contribution in [1.29, 1.82) is 0 Å². The minimum atomic E-state index is -3.29. The van der Waals surface area contributed by atoms with Crippen molar-refractivity contribution < 1.29 is 60.5 Å². The number of hydrogen-bond donors (Lipinski definition) is 4. The van der Waals surface area contributed by atoms with Crippen molar-refractivity contribution in [3.8, 4) is 0 Å². The topological polar surface area (TPSA) is 177 Å². The lowest BCUT2D eigenvalue weighted by atomic mass is 9.93. The molecular formula is C29H47F4N5O9. The van der Waals surface area contributed by atoms with Crippen molar-refractivity contribution in [2.45, 2.75) is 90.5 Å². The molecule has 4 amide bonds. The summed E-state index contributed by atoms with van der Waals surface area (Å²) in [6.45, 7) is 1.81. The van der Waals surface area contributed by atoms with Crippen LogP contribution in [0.1, 0.15) is 47.5 Å². The fourth-order valence-corrected chi connectivity index (χ4v) is 4.75. The minimum absolute atomic E-state index is 0.0318. The van der Waals surface area contributed by atoms with Crippen LogP contribution in [0.5, 0.6) is 0 Å². The average Bonchev–Trinajstić information content (AvgIpc) is 3.74. The van der Waals surface area contributed by atoms with E-state index in [9.17, 15) is 41.5 Å². The highest BCUT2D eigenvalue weighted by Crippen LogP contribution is 2.29. The number of epoxide rings is 1. The van der Waals surface area contributed by atoms with E-state index in [1.807, 2.05) is 13.8 Å². The zero-order valence-corrected chi connectivity index (χ0v) is 27.3. The van der Waals surface area contributed by atoms with Crippen LogP contribution in [0.2, 0.25) is 0 Å². The summed E-state index contributed by atoms with van der Waals surface area (Å²) >= 11 is 0. The van der Waals surface area contributed by atoms with E-state index in [1.165, 1.54) is 0 Å². The smallest absolute Gasteiger partial charge is 0.345 e. The van der Waals surface area contributed by atoms with E-state index in [-0.39, 0.29) is 37.8 Å². The van der Waals surface area contributed by atoms with Gasteiger partial charge in [0.05, 0.1) is 45.6 Å². The Hall–Kier alpha value is -2.93. The number of amides is 4. The molecule has 0 unspecified atom stereocenters. The summed E-state index contributed by atoms with van der Waals surface area (Å²) in [4.78, 5) is 67.3. The number of hydrogen-bond acceptors (Lipinski definition) is 10. The van der Waals surface area contributed by atoms with Crippen LogP contribution in [0.25, 0.3) is 0 Å². The van der Waals surface area contributed by atoms with Gasteiger partial charge in [0.1, 0.15) is 23.7 Å². The molecule has 14 nitrogen and oxygen atoms in total. The fourth-order valence-electron chi connectivity index (χ4n) is 4.75. The molecule has 2 heterocycles. The summed E-state index contributed by atoms with van der Waals surface area (Å²) < 4.78 is 70.8. The van der Waals surface area contributed by atoms with E-state index < -0.39 is 85.6 Å². The number of halogens is 4. The largest absolute Gasteiger partial charge is 0.379 e. The molecule has 47 heavy (non-hydrogen) atoms. The van der Waals surface area contributed by atoms with Gasteiger partial charge in [-0.2, -0.15) is 17.6 Å². The predicted molar refractivity (Wildman–Crippen MR) is 157 cm³/mol. The molecule has 4 N–H and O–H groups in total. The second kappa shape index (κ2) is 19.2. The van der Waals surface area contributed by atoms with E-state index in [2.05, 4.69) is 30.7 Å². The first-order chi connectivity index (χ1) is 22.0. The van der Waals surface area contributed by atoms with E-state index in [0.29, 0.717) is 26.3 Å². The average molecular weight is 686 g/mol. The monoisotopic (exact) mass is 685 g/mol. The molecule has 0 spiro atoms. The van der Waals surface area contributed by atoms with E-state index >= 15 is 0 Å². The lowest BCUT2D eigenvalue weighted by molar-refractivity contribution is -0.150. The summed E-state index contributed by atoms with van der Waals surface area (Å²) in [6, 6.07) is -5.80. The normalized spacial score (nSPS) is 20.9. The van der Waals surface area contributed by atoms with Gasteiger partial charge in [0.15, 0.2) is 5.78 Å². The molecule has 270 valence electrons. The molecular weight excluding hydrogens is 638 g/mol. The highest BCUT2D eigenvalue weighted by molar-refractivity contribution is 5.98. The summed E-state index contributed by atoms with van der Waals surface area (Å²) in [7, 11) is 0. The van der Waals surface area contributed by atoms with Crippen molar-refractivity contribution in [3.05, 3.63) is 0 Å². The number of alkyl halides is 4. The zero-order valence-electron chi connectivity index (χ0n) is 27.3. The second-order valence-electron chi connectivity index (χ2n) is 12.5. The number of Topliss-reactive ketones (excluding diaryl/α,β-unsaturated/α-hetero) is 1. The molecule has 2 aliphatic rings. The molecule has 2 rings (SSSR count). The summed E-state index contributed by atoms with van der Waals surface area (Å²) in [6.07, 6.45) is 0.168. The Kier molecular flexibility index (Phi) is 16.4. The van der Waals surface area contributed by atoms with Gasteiger partial charge in [-0.15, -0.1) is 0 Å². The number of nitrogens with one attached hydrogen (secondary N) is 4. The molecule has 0 saturated carbocycles. The van der Waals surface area contributed by atoms with Gasteiger partial charge in [0.25, 0.3) is 0 Å². The molecule has 0 aliphatic carbocycles. The molecule has 0 aromatic heterocycles. The number of carbonyl (C=O) groups excluding carboxylic acids is 5. The maximum atomic E-state index is 13.4. The second-order valence-corrected chi connectivity index (χ2v) is 12.5. The quantitative estimate of drug-likeness (QED) is 0.0964. The van der Waals surface area contributed by atoms with Crippen molar-refractivity contribution in [3.63, 3.8) is 0 Å². The number of ketones is 1. The number of morpholine rings is 1. The van der Waals surface area contributed by atoms with Crippen LogP contribution in [-0.4, -0.2) is 130 Å². The molecule has 2 fully saturated rings. The van der Waals surface area contributed by atoms with Crippen LogP contribution in [0.4, 0.5) is 17.6 Å². The lowest BCUT2D eigenvalue weighted by Gasteiger charge is -2.28. The Morgan fingerprint density at radius 3 is 1.62 bits per heavy atom. The van der Waals surface area contributed by atoms with Gasteiger partial charge >= 0.3 is 13.2 Å². The van der Waals surface area contributed by atoms with Gasteiger partial charge in [-0.1, -0.05) is 27.7 Å². The molecule has 0 bridgehead atoms. The fraction of sp³-hybridized carbons (Fsp3) is 0.828. The maximum absolute atomic E-state index is 13.4. The van der Waals surface area contributed by atoms with Crippen molar-refractivity contribution in [1.82, 2.24) is 26.2 Å². The van der Waals surface area contributed by atoms with Crippen molar-refractivity contribution in [2.75, 3.05) is 52.7 Å². The van der Waals surface area contributed by atoms with Gasteiger partial charge in [0.2, 0.25) is 23.6 Å². The zero-order chi connectivity index (χ0) is 35.3.